The van der Waals surface area contributed by atoms with Crippen LogP contribution >= 0.6 is 23.5 Å². The molecule has 1 aliphatic rings. The van der Waals surface area contributed by atoms with Gasteiger partial charge in [-0.3, -0.25) is 0 Å². The molecular formula is C5H8N2O2S2. The second-order valence-electron chi connectivity index (χ2n) is 2.31. The first kappa shape index (κ1) is 8.73. The van der Waals surface area contributed by atoms with Crippen molar-refractivity contribution in [3.63, 3.8) is 0 Å². The van der Waals surface area contributed by atoms with Gasteiger partial charge in [0.25, 0.3) is 0 Å². The molecule has 1 unspecified atom stereocenters. The molecular weight excluding hydrogens is 184 g/mol. The number of hydrogen-bond acceptors (Lipinski definition) is 6. The van der Waals surface area contributed by atoms with Crippen LogP contribution in [0.25, 0.3) is 0 Å². The third kappa shape index (κ3) is 2.03. The number of nitrogens with zero attached hydrogens (tertiary/aromatic N) is 2. The van der Waals surface area contributed by atoms with Crippen molar-refractivity contribution in [2.24, 2.45) is 10.3 Å². The maximum Gasteiger partial charge on any atom is 0.170 e. The molecule has 0 aromatic heterocycles. The van der Waals surface area contributed by atoms with Crippen molar-refractivity contribution in [2.75, 3.05) is 5.75 Å². The van der Waals surface area contributed by atoms with Gasteiger partial charge in [0.15, 0.2) is 4.38 Å². The fourth-order valence-electron chi connectivity index (χ4n) is 0.698. The molecule has 6 heteroatoms. The van der Waals surface area contributed by atoms with Gasteiger partial charge in [-0.2, -0.15) is 0 Å². The Balaban J connectivity index is 2.65. The first-order valence-electron chi connectivity index (χ1n) is 2.93. The molecule has 1 aliphatic heterocycles. The zero-order valence-electron chi connectivity index (χ0n) is 5.89. The van der Waals surface area contributed by atoms with Crippen LogP contribution in [0.1, 0.15) is 6.92 Å². The quantitative estimate of drug-likeness (QED) is 0.375. The fraction of sp³-hybridized carbons (Fsp3) is 0.600. The van der Waals surface area contributed by atoms with Crippen LogP contribution in [0.5, 0.6) is 0 Å². The predicted molar refractivity (Wildman–Crippen MR) is 48.0 cm³/mol. The molecule has 0 spiro atoms. The zero-order chi connectivity index (χ0) is 8.32. The largest absolute Gasteiger partial charge is 0.411 e. The molecule has 0 radical (unpaired) electrons. The molecule has 2 N–H and O–H groups in total. The summed E-state index contributed by atoms with van der Waals surface area (Å²) in [5.41, 5.74) is 0. The minimum absolute atomic E-state index is 0.235. The number of rotatable bonds is 1. The summed E-state index contributed by atoms with van der Waals surface area (Å²) < 4.78 is 0.383. The van der Waals surface area contributed by atoms with Crippen molar-refractivity contribution >= 4 is 34.1 Å². The molecule has 11 heavy (non-hydrogen) atoms. The Morgan fingerprint density at radius 3 is 2.82 bits per heavy atom. The van der Waals surface area contributed by atoms with Crippen LogP contribution in [0.2, 0.25) is 0 Å². The Morgan fingerprint density at radius 1 is 1.64 bits per heavy atom. The van der Waals surface area contributed by atoms with Crippen LogP contribution in [0.4, 0.5) is 0 Å². The summed E-state index contributed by atoms with van der Waals surface area (Å²) in [6.45, 7) is 1.92. The topological polar surface area (TPSA) is 65.2 Å². The zero-order valence-corrected chi connectivity index (χ0v) is 7.52. The average molecular weight is 192 g/mol. The highest BCUT2D eigenvalue weighted by Gasteiger charge is 2.33. The van der Waals surface area contributed by atoms with E-state index in [2.05, 4.69) is 10.3 Å². The summed E-state index contributed by atoms with van der Waals surface area (Å²) in [6, 6.07) is 0. The van der Waals surface area contributed by atoms with Gasteiger partial charge in [0.2, 0.25) is 0 Å². The van der Waals surface area contributed by atoms with Crippen molar-refractivity contribution in [1.29, 1.82) is 0 Å². The van der Waals surface area contributed by atoms with Gasteiger partial charge in [-0.05, 0) is 6.92 Å². The van der Waals surface area contributed by atoms with E-state index in [0.29, 0.717) is 4.38 Å². The van der Waals surface area contributed by atoms with Gasteiger partial charge in [0.05, 0.1) is 11.0 Å². The molecule has 1 fully saturated rings. The number of thioether (sulfide) groups is 2. The van der Waals surface area contributed by atoms with Crippen molar-refractivity contribution in [2.45, 2.75) is 11.7 Å². The van der Waals surface area contributed by atoms with Gasteiger partial charge in [-0.25, -0.2) is 0 Å². The second-order valence-corrected chi connectivity index (χ2v) is 5.06. The van der Waals surface area contributed by atoms with Gasteiger partial charge in [-0.1, -0.05) is 28.7 Å². The van der Waals surface area contributed by atoms with Crippen LogP contribution in [0.15, 0.2) is 10.3 Å². The smallest absolute Gasteiger partial charge is 0.170 e. The standard InChI is InChI=1S/C5H8N2O2S2/c1-5(2-6-8)3-10-4(7-9)11-5/h2,8-9H,3H2,1H3/b6-2+,7-4-. The molecule has 4 nitrogen and oxygen atoms in total. The monoisotopic (exact) mass is 192 g/mol. The van der Waals surface area contributed by atoms with Crippen molar-refractivity contribution in [1.82, 2.24) is 0 Å². The maximum atomic E-state index is 8.41. The fourth-order valence-corrected chi connectivity index (χ4v) is 3.18. The van der Waals surface area contributed by atoms with Crippen molar-refractivity contribution < 1.29 is 10.4 Å². The lowest BCUT2D eigenvalue weighted by Crippen LogP contribution is -2.21. The Kier molecular flexibility index (Phi) is 2.67. The SMILES string of the molecule is CC1(/C=N/O)CS/C(=N/O)S1. The van der Waals surface area contributed by atoms with Gasteiger partial charge in [0, 0.05) is 5.75 Å². The summed E-state index contributed by atoms with van der Waals surface area (Å²) in [5, 5.41) is 22.7. The van der Waals surface area contributed by atoms with Gasteiger partial charge in [-0.15, -0.1) is 5.16 Å². The summed E-state index contributed by atoms with van der Waals surface area (Å²) in [4.78, 5) is 0. The summed E-state index contributed by atoms with van der Waals surface area (Å²) in [6.07, 6.45) is 1.45. The molecule has 1 rings (SSSR count). The number of oxime groups is 2. The molecule has 0 aliphatic carbocycles. The van der Waals surface area contributed by atoms with Crippen LogP contribution in [-0.2, 0) is 0 Å². The normalized spacial score (nSPS) is 35.5. The summed E-state index contributed by atoms with van der Waals surface area (Å²) in [5.74, 6) is 0.765. The minimum atomic E-state index is -0.235. The van der Waals surface area contributed by atoms with E-state index in [1.54, 1.807) is 0 Å². The molecule has 62 valence electrons. The minimum Gasteiger partial charge on any atom is -0.411 e. The molecule has 0 bridgehead atoms. The lowest BCUT2D eigenvalue weighted by atomic mass is 10.2. The lowest BCUT2D eigenvalue weighted by molar-refractivity contribution is 0.319. The molecule has 0 saturated carbocycles. The van der Waals surface area contributed by atoms with Crippen LogP contribution in [-0.4, -0.2) is 31.5 Å². The highest BCUT2D eigenvalue weighted by atomic mass is 32.2. The molecule has 0 aromatic carbocycles. The maximum absolute atomic E-state index is 8.41. The summed E-state index contributed by atoms with van der Waals surface area (Å²) in [7, 11) is 0. The van der Waals surface area contributed by atoms with E-state index in [4.69, 9.17) is 10.4 Å². The van der Waals surface area contributed by atoms with Crippen molar-refractivity contribution in [3.8, 4) is 0 Å². The highest BCUT2D eigenvalue weighted by Crippen LogP contribution is 2.40. The lowest BCUT2D eigenvalue weighted by Gasteiger charge is -2.11. The molecule has 1 atom stereocenters. The van der Waals surface area contributed by atoms with Gasteiger partial charge < -0.3 is 10.4 Å². The second kappa shape index (κ2) is 3.36. The van der Waals surface area contributed by atoms with Crippen LogP contribution in [0.3, 0.4) is 0 Å². The Labute approximate surface area is 72.7 Å². The average Bonchev–Trinajstić information content (AvgIpc) is 2.33. The van der Waals surface area contributed by atoms with Gasteiger partial charge in [0.1, 0.15) is 0 Å². The third-order valence-electron chi connectivity index (χ3n) is 1.22. The van der Waals surface area contributed by atoms with Gasteiger partial charge >= 0.3 is 0 Å². The molecule has 1 heterocycles. The molecule has 0 aromatic rings. The van der Waals surface area contributed by atoms with E-state index in [-0.39, 0.29) is 4.75 Å². The first-order chi connectivity index (χ1) is 5.20. The first-order valence-corrected chi connectivity index (χ1v) is 4.73. The van der Waals surface area contributed by atoms with Crippen LogP contribution < -0.4 is 0 Å². The Bertz CT molecular complexity index is 207. The Morgan fingerprint density at radius 2 is 2.36 bits per heavy atom. The molecule has 0 amide bonds. The van der Waals surface area contributed by atoms with E-state index in [9.17, 15) is 0 Å². The van der Waals surface area contributed by atoms with E-state index in [1.165, 1.54) is 29.7 Å². The van der Waals surface area contributed by atoms with Crippen LogP contribution in [0, 0.1) is 0 Å². The Hall–Kier alpha value is -0.360. The number of hydrogen-bond donors (Lipinski definition) is 2. The third-order valence-corrected chi connectivity index (χ3v) is 4.05. The van der Waals surface area contributed by atoms with E-state index in [0.717, 1.165) is 5.75 Å². The van der Waals surface area contributed by atoms with E-state index in [1.807, 2.05) is 6.92 Å². The van der Waals surface area contributed by atoms with Crippen molar-refractivity contribution in [3.05, 3.63) is 0 Å². The predicted octanol–water partition coefficient (Wildman–Crippen LogP) is 1.43. The van der Waals surface area contributed by atoms with E-state index >= 15 is 0 Å². The summed E-state index contributed by atoms with van der Waals surface area (Å²) >= 11 is 2.84. The molecule has 1 saturated heterocycles. The van der Waals surface area contributed by atoms with E-state index < -0.39 is 0 Å². The highest BCUT2D eigenvalue weighted by molar-refractivity contribution is 8.42.